The van der Waals surface area contributed by atoms with Crippen LogP contribution in [0.2, 0.25) is 0 Å². The summed E-state index contributed by atoms with van der Waals surface area (Å²) in [6.07, 6.45) is 5.97. The first-order valence-corrected chi connectivity index (χ1v) is 9.06. The lowest BCUT2D eigenvalue weighted by atomic mass is 10.1. The fraction of sp³-hybridized carbons (Fsp3) is 0.368. The molecule has 1 fully saturated rings. The molecule has 0 saturated carbocycles. The number of rotatable bonds is 7. The maximum Gasteiger partial charge on any atom is 0.255 e. The van der Waals surface area contributed by atoms with Crippen LogP contribution in [0.4, 0.5) is 0 Å². The Labute approximate surface area is 156 Å². The van der Waals surface area contributed by atoms with Gasteiger partial charge in [0.05, 0.1) is 6.54 Å². The third-order valence-corrected chi connectivity index (χ3v) is 4.42. The molecule has 1 N–H and O–H groups in total. The molecule has 8 nitrogen and oxygen atoms in total. The molecule has 1 saturated heterocycles. The number of hydrogen-bond acceptors (Lipinski definition) is 6. The molecule has 0 aliphatic carbocycles. The van der Waals surface area contributed by atoms with Gasteiger partial charge in [-0.2, -0.15) is 10.1 Å². The summed E-state index contributed by atoms with van der Waals surface area (Å²) in [7, 11) is 0. The summed E-state index contributed by atoms with van der Waals surface area (Å²) in [5.74, 6) is 0.980. The third-order valence-electron chi connectivity index (χ3n) is 4.42. The Morgan fingerprint density at radius 3 is 3.11 bits per heavy atom. The van der Waals surface area contributed by atoms with Gasteiger partial charge in [-0.1, -0.05) is 17.3 Å². The highest BCUT2D eigenvalue weighted by Crippen LogP contribution is 2.26. The number of hydrogen-bond donors (Lipinski definition) is 1. The van der Waals surface area contributed by atoms with Gasteiger partial charge in [-0.15, -0.1) is 0 Å². The smallest absolute Gasteiger partial charge is 0.255 e. The quantitative estimate of drug-likeness (QED) is 0.687. The highest BCUT2D eigenvalue weighted by molar-refractivity contribution is 5.94. The van der Waals surface area contributed by atoms with Gasteiger partial charge in [-0.3, -0.25) is 9.48 Å². The highest BCUT2D eigenvalue weighted by Gasteiger charge is 2.23. The highest BCUT2D eigenvalue weighted by atomic mass is 16.5. The second-order valence-corrected chi connectivity index (χ2v) is 6.46. The molecule has 1 amide bonds. The SMILES string of the molecule is O=C(NCCc1noc([C@@H]2CCCO2)n1)c1cccc(Cn2cccn2)c1. The fourth-order valence-corrected chi connectivity index (χ4v) is 3.05. The normalized spacial score (nSPS) is 16.5. The number of aromatic nitrogens is 4. The summed E-state index contributed by atoms with van der Waals surface area (Å²) in [4.78, 5) is 16.7. The van der Waals surface area contributed by atoms with Crippen molar-refractivity contribution >= 4 is 5.91 Å². The van der Waals surface area contributed by atoms with Crippen LogP contribution >= 0.6 is 0 Å². The molecule has 0 bridgehead atoms. The van der Waals surface area contributed by atoms with Crippen LogP contribution in [-0.4, -0.2) is 39.0 Å². The minimum Gasteiger partial charge on any atom is -0.368 e. The molecule has 0 radical (unpaired) electrons. The van der Waals surface area contributed by atoms with Crippen molar-refractivity contribution in [2.45, 2.75) is 31.9 Å². The van der Waals surface area contributed by atoms with E-state index >= 15 is 0 Å². The van der Waals surface area contributed by atoms with E-state index in [0.29, 0.717) is 36.8 Å². The van der Waals surface area contributed by atoms with E-state index in [2.05, 4.69) is 20.6 Å². The van der Waals surface area contributed by atoms with Crippen LogP contribution in [0.15, 0.2) is 47.2 Å². The molecular formula is C19H21N5O3. The molecule has 3 heterocycles. The largest absolute Gasteiger partial charge is 0.368 e. The van der Waals surface area contributed by atoms with Crippen LogP contribution in [0.25, 0.3) is 0 Å². The molecule has 1 aromatic carbocycles. The van der Waals surface area contributed by atoms with Crippen molar-refractivity contribution in [3.8, 4) is 0 Å². The molecule has 0 spiro atoms. The third kappa shape index (κ3) is 4.40. The van der Waals surface area contributed by atoms with Gasteiger partial charge in [0.2, 0.25) is 0 Å². The molecule has 1 aliphatic heterocycles. The van der Waals surface area contributed by atoms with Crippen LogP contribution in [-0.2, 0) is 17.7 Å². The molecule has 2 aromatic heterocycles. The summed E-state index contributed by atoms with van der Waals surface area (Å²) in [6, 6.07) is 9.40. The van der Waals surface area contributed by atoms with Crippen LogP contribution in [0, 0.1) is 0 Å². The Kier molecular flexibility index (Phi) is 5.24. The zero-order chi connectivity index (χ0) is 18.5. The first-order valence-electron chi connectivity index (χ1n) is 9.06. The van der Waals surface area contributed by atoms with E-state index in [-0.39, 0.29) is 12.0 Å². The summed E-state index contributed by atoms with van der Waals surface area (Å²) < 4.78 is 12.6. The summed E-state index contributed by atoms with van der Waals surface area (Å²) >= 11 is 0. The average Bonchev–Trinajstić information content (AvgIpc) is 3.44. The van der Waals surface area contributed by atoms with E-state index in [1.165, 1.54) is 0 Å². The fourth-order valence-electron chi connectivity index (χ4n) is 3.05. The van der Waals surface area contributed by atoms with E-state index in [0.717, 1.165) is 25.0 Å². The number of carbonyl (C=O) groups excluding carboxylic acids is 1. The molecule has 0 unspecified atom stereocenters. The second kappa shape index (κ2) is 8.13. The predicted octanol–water partition coefficient (Wildman–Crippen LogP) is 2.14. The number of nitrogens with zero attached hydrogens (tertiary/aromatic N) is 4. The first-order chi connectivity index (χ1) is 13.3. The number of ether oxygens (including phenoxy) is 1. The molecule has 8 heteroatoms. The molecule has 4 rings (SSSR count). The topological polar surface area (TPSA) is 95.1 Å². The van der Waals surface area contributed by atoms with E-state index in [1.807, 2.05) is 35.1 Å². The zero-order valence-corrected chi connectivity index (χ0v) is 14.9. The lowest BCUT2D eigenvalue weighted by molar-refractivity contribution is 0.0835. The Balaban J connectivity index is 1.29. The van der Waals surface area contributed by atoms with E-state index in [1.54, 1.807) is 12.3 Å². The van der Waals surface area contributed by atoms with Gasteiger partial charge >= 0.3 is 0 Å². The lowest BCUT2D eigenvalue weighted by Gasteiger charge is -2.06. The molecule has 3 aromatic rings. The van der Waals surface area contributed by atoms with Gasteiger partial charge in [-0.25, -0.2) is 0 Å². The Hall–Kier alpha value is -3.00. The van der Waals surface area contributed by atoms with E-state index in [4.69, 9.17) is 9.26 Å². The minimum atomic E-state index is -0.125. The van der Waals surface area contributed by atoms with Crippen molar-refractivity contribution < 1.29 is 14.1 Å². The second-order valence-electron chi connectivity index (χ2n) is 6.46. The monoisotopic (exact) mass is 367 g/mol. The summed E-state index contributed by atoms with van der Waals surface area (Å²) in [5, 5.41) is 11.0. The maximum atomic E-state index is 12.4. The van der Waals surface area contributed by atoms with Crippen molar-refractivity contribution in [2.75, 3.05) is 13.2 Å². The van der Waals surface area contributed by atoms with Crippen LogP contribution in [0.5, 0.6) is 0 Å². The van der Waals surface area contributed by atoms with Gasteiger partial charge in [0, 0.05) is 37.5 Å². The van der Waals surface area contributed by atoms with Crippen molar-refractivity contribution in [3.63, 3.8) is 0 Å². The first kappa shape index (κ1) is 17.4. The summed E-state index contributed by atoms with van der Waals surface area (Å²) in [6.45, 7) is 1.80. The van der Waals surface area contributed by atoms with Crippen molar-refractivity contribution in [3.05, 3.63) is 65.6 Å². The molecule has 27 heavy (non-hydrogen) atoms. The molecule has 1 atom stereocenters. The molecule has 1 aliphatic rings. The zero-order valence-electron chi connectivity index (χ0n) is 14.9. The Bertz CT molecular complexity index is 884. The number of nitrogens with one attached hydrogen (secondary N) is 1. The standard InChI is InChI=1S/C19H21N5O3/c25-18(15-5-1-4-14(12-15)13-24-10-3-8-21-24)20-9-7-17-22-19(27-23-17)16-6-2-11-26-16/h1,3-5,8,10,12,16H,2,6-7,9,11,13H2,(H,20,25)/t16-/m0/s1. The lowest BCUT2D eigenvalue weighted by Crippen LogP contribution is -2.26. The molecular weight excluding hydrogens is 346 g/mol. The number of amides is 1. The van der Waals surface area contributed by atoms with Crippen molar-refractivity contribution in [1.82, 2.24) is 25.2 Å². The molecule has 140 valence electrons. The van der Waals surface area contributed by atoms with E-state index < -0.39 is 0 Å². The number of benzene rings is 1. The van der Waals surface area contributed by atoms with Gasteiger partial charge in [0.25, 0.3) is 11.8 Å². The van der Waals surface area contributed by atoms with Crippen LogP contribution < -0.4 is 5.32 Å². The Morgan fingerprint density at radius 2 is 2.30 bits per heavy atom. The van der Waals surface area contributed by atoms with Crippen LogP contribution in [0.1, 0.15) is 46.6 Å². The van der Waals surface area contributed by atoms with Crippen molar-refractivity contribution in [1.29, 1.82) is 0 Å². The van der Waals surface area contributed by atoms with Crippen molar-refractivity contribution in [2.24, 2.45) is 0 Å². The number of carbonyl (C=O) groups is 1. The van der Waals surface area contributed by atoms with Gasteiger partial charge < -0.3 is 14.6 Å². The maximum absolute atomic E-state index is 12.4. The summed E-state index contributed by atoms with van der Waals surface area (Å²) in [5.41, 5.74) is 1.64. The van der Waals surface area contributed by atoms with Crippen LogP contribution in [0.3, 0.4) is 0 Å². The van der Waals surface area contributed by atoms with Gasteiger partial charge in [0.15, 0.2) is 5.82 Å². The predicted molar refractivity (Wildman–Crippen MR) is 96.0 cm³/mol. The van der Waals surface area contributed by atoms with Gasteiger partial charge in [0.1, 0.15) is 6.10 Å². The average molecular weight is 367 g/mol. The van der Waals surface area contributed by atoms with E-state index in [9.17, 15) is 4.79 Å². The van der Waals surface area contributed by atoms with Gasteiger partial charge in [-0.05, 0) is 36.6 Å². The minimum absolute atomic E-state index is 0.0848. The Morgan fingerprint density at radius 1 is 1.33 bits per heavy atom.